The number of hydrogen-bond donors (Lipinski definition) is 1. The van der Waals surface area contributed by atoms with Crippen molar-refractivity contribution in [1.29, 1.82) is 0 Å². The van der Waals surface area contributed by atoms with Crippen LogP contribution in [0.3, 0.4) is 0 Å². The Morgan fingerprint density at radius 2 is 2.35 bits per heavy atom. The monoisotopic (exact) mass is 245 g/mol. The molecule has 0 aliphatic heterocycles. The first-order chi connectivity index (χ1) is 8.26. The molecular formula is C13H15N3S. The fraction of sp³-hybridized carbons (Fsp3) is 0.385. The van der Waals surface area contributed by atoms with Crippen LogP contribution in [-0.2, 0) is 0 Å². The molecule has 3 nitrogen and oxygen atoms in total. The number of aromatic nitrogens is 2. The van der Waals surface area contributed by atoms with E-state index in [2.05, 4.69) is 40.4 Å². The fourth-order valence-electron chi connectivity index (χ4n) is 1.71. The highest BCUT2D eigenvalue weighted by atomic mass is 32.1. The minimum atomic E-state index is 0.278. The smallest absolute Gasteiger partial charge is 0.147 e. The van der Waals surface area contributed by atoms with Gasteiger partial charge < -0.3 is 5.32 Å². The molecule has 0 bridgehead atoms. The van der Waals surface area contributed by atoms with Crippen molar-refractivity contribution < 1.29 is 0 Å². The van der Waals surface area contributed by atoms with Gasteiger partial charge in [-0.2, -0.15) is 0 Å². The second kappa shape index (κ2) is 5.15. The zero-order chi connectivity index (χ0) is 12.3. The summed E-state index contributed by atoms with van der Waals surface area (Å²) in [7, 11) is 0. The lowest BCUT2D eigenvalue weighted by Crippen LogP contribution is -2.18. The van der Waals surface area contributed by atoms with Crippen molar-refractivity contribution in [2.24, 2.45) is 0 Å². The molecule has 0 fully saturated rings. The van der Waals surface area contributed by atoms with Gasteiger partial charge in [-0.3, -0.25) is 0 Å². The Morgan fingerprint density at radius 1 is 1.53 bits per heavy atom. The van der Waals surface area contributed by atoms with E-state index in [9.17, 15) is 0 Å². The first-order valence-corrected chi connectivity index (χ1v) is 6.53. The highest BCUT2D eigenvalue weighted by Gasteiger charge is 2.11. The van der Waals surface area contributed by atoms with E-state index in [1.54, 1.807) is 17.7 Å². The maximum atomic E-state index is 5.36. The number of fused-ring (bicyclic) bond motifs is 1. The van der Waals surface area contributed by atoms with E-state index in [1.165, 1.54) is 5.56 Å². The van der Waals surface area contributed by atoms with Gasteiger partial charge in [-0.15, -0.1) is 23.7 Å². The zero-order valence-electron chi connectivity index (χ0n) is 10.0. The highest BCUT2D eigenvalue weighted by Crippen LogP contribution is 2.29. The van der Waals surface area contributed by atoms with Gasteiger partial charge in [0.2, 0.25) is 0 Å². The summed E-state index contributed by atoms with van der Waals surface area (Å²) in [5.41, 5.74) is 2.23. The number of aryl methyl sites for hydroxylation is 1. The normalized spacial score (nSPS) is 12.3. The Morgan fingerprint density at radius 3 is 3.06 bits per heavy atom. The molecule has 0 radical (unpaired) electrons. The van der Waals surface area contributed by atoms with E-state index in [0.29, 0.717) is 6.42 Å². The molecule has 0 aliphatic carbocycles. The highest BCUT2D eigenvalue weighted by molar-refractivity contribution is 7.18. The summed E-state index contributed by atoms with van der Waals surface area (Å²) in [6.45, 7) is 4.18. The summed E-state index contributed by atoms with van der Waals surface area (Å²) >= 11 is 1.67. The van der Waals surface area contributed by atoms with Gasteiger partial charge >= 0.3 is 0 Å². The van der Waals surface area contributed by atoms with Gasteiger partial charge in [-0.1, -0.05) is 6.92 Å². The zero-order valence-corrected chi connectivity index (χ0v) is 10.8. The summed E-state index contributed by atoms with van der Waals surface area (Å²) in [5.74, 6) is 3.59. The number of rotatable bonds is 4. The summed E-state index contributed by atoms with van der Waals surface area (Å²) in [4.78, 5) is 8.61. The predicted octanol–water partition coefficient (Wildman–Crippen LogP) is 3.21. The average Bonchev–Trinajstić information content (AvgIpc) is 2.72. The molecule has 1 atom stereocenters. The van der Waals surface area contributed by atoms with E-state index in [4.69, 9.17) is 6.42 Å². The maximum Gasteiger partial charge on any atom is 0.147 e. The van der Waals surface area contributed by atoms with Crippen LogP contribution in [0.25, 0.3) is 10.2 Å². The largest absolute Gasteiger partial charge is 0.365 e. The third-order valence-electron chi connectivity index (χ3n) is 2.73. The lowest BCUT2D eigenvalue weighted by Gasteiger charge is -2.14. The SMILES string of the molecule is C#CCC(CC)Nc1ncnc2c(C)csc12. The van der Waals surface area contributed by atoms with Crippen LogP contribution in [0.1, 0.15) is 25.3 Å². The number of nitrogens with one attached hydrogen (secondary N) is 1. The van der Waals surface area contributed by atoms with E-state index in [-0.39, 0.29) is 6.04 Å². The van der Waals surface area contributed by atoms with Crippen LogP contribution in [0.2, 0.25) is 0 Å². The Hall–Kier alpha value is -1.60. The summed E-state index contributed by atoms with van der Waals surface area (Å²) in [6, 6.07) is 0.278. The number of terminal acetylenes is 1. The van der Waals surface area contributed by atoms with Gasteiger partial charge in [0.05, 0.1) is 10.2 Å². The number of anilines is 1. The van der Waals surface area contributed by atoms with Crippen LogP contribution < -0.4 is 5.32 Å². The van der Waals surface area contributed by atoms with E-state index >= 15 is 0 Å². The molecule has 2 aromatic heterocycles. The van der Waals surface area contributed by atoms with Crippen LogP contribution in [0.4, 0.5) is 5.82 Å². The third-order valence-corrected chi connectivity index (χ3v) is 3.82. The number of thiophene rings is 1. The molecule has 4 heteroatoms. The van der Waals surface area contributed by atoms with Gasteiger partial charge in [0.25, 0.3) is 0 Å². The lowest BCUT2D eigenvalue weighted by atomic mass is 10.1. The molecule has 0 aromatic carbocycles. The van der Waals surface area contributed by atoms with Crippen LogP contribution in [0.5, 0.6) is 0 Å². The van der Waals surface area contributed by atoms with E-state index < -0.39 is 0 Å². The second-order valence-electron chi connectivity index (χ2n) is 3.98. The molecule has 0 saturated heterocycles. The van der Waals surface area contributed by atoms with Gasteiger partial charge in [-0.05, 0) is 24.3 Å². The Labute approximate surface area is 105 Å². The van der Waals surface area contributed by atoms with Crippen molar-refractivity contribution in [2.45, 2.75) is 32.7 Å². The average molecular weight is 245 g/mol. The van der Waals surface area contributed by atoms with Crippen molar-refractivity contribution in [2.75, 3.05) is 5.32 Å². The lowest BCUT2D eigenvalue weighted by molar-refractivity contribution is 0.713. The third kappa shape index (κ3) is 2.40. The molecule has 88 valence electrons. The van der Waals surface area contributed by atoms with Gasteiger partial charge in [0, 0.05) is 12.5 Å². The minimum absolute atomic E-state index is 0.278. The molecule has 0 amide bonds. The molecule has 1 unspecified atom stereocenters. The summed E-state index contributed by atoms with van der Waals surface area (Å²) in [6.07, 6.45) is 8.66. The first kappa shape index (κ1) is 11.9. The van der Waals surface area contributed by atoms with Gasteiger partial charge in [0.1, 0.15) is 12.1 Å². The van der Waals surface area contributed by atoms with Crippen molar-refractivity contribution in [3.63, 3.8) is 0 Å². The molecule has 1 N–H and O–H groups in total. The van der Waals surface area contributed by atoms with Crippen LogP contribution >= 0.6 is 11.3 Å². The fourth-order valence-corrected chi connectivity index (χ4v) is 2.66. The summed E-state index contributed by atoms with van der Waals surface area (Å²) < 4.78 is 1.11. The Balaban J connectivity index is 2.32. The van der Waals surface area contributed by atoms with Crippen molar-refractivity contribution in [1.82, 2.24) is 9.97 Å². The standard InChI is InChI=1S/C13H15N3S/c1-4-6-10(5-2)16-13-12-11(14-8-15-13)9(3)7-17-12/h1,7-8,10H,5-6H2,2-3H3,(H,14,15,16). The van der Waals surface area contributed by atoms with E-state index in [1.807, 2.05) is 0 Å². The van der Waals surface area contributed by atoms with Crippen molar-refractivity contribution >= 4 is 27.4 Å². The first-order valence-electron chi connectivity index (χ1n) is 5.65. The molecule has 17 heavy (non-hydrogen) atoms. The predicted molar refractivity (Wildman–Crippen MR) is 73.3 cm³/mol. The Kier molecular flexibility index (Phi) is 3.60. The second-order valence-corrected chi connectivity index (χ2v) is 4.86. The quantitative estimate of drug-likeness (QED) is 0.840. The molecule has 0 spiro atoms. The molecule has 2 rings (SSSR count). The van der Waals surface area contributed by atoms with E-state index in [0.717, 1.165) is 22.5 Å². The van der Waals surface area contributed by atoms with Crippen LogP contribution in [-0.4, -0.2) is 16.0 Å². The van der Waals surface area contributed by atoms with Gasteiger partial charge in [-0.25, -0.2) is 9.97 Å². The van der Waals surface area contributed by atoms with Crippen molar-refractivity contribution in [3.8, 4) is 12.3 Å². The van der Waals surface area contributed by atoms with Crippen molar-refractivity contribution in [3.05, 3.63) is 17.3 Å². The topological polar surface area (TPSA) is 37.8 Å². The maximum absolute atomic E-state index is 5.36. The molecule has 0 aliphatic rings. The number of nitrogens with zero attached hydrogens (tertiary/aromatic N) is 2. The number of hydrogen-bond acceptors (Lipinski definition) is 4. The molecular weight excluding hydrogens is 230 g/mol. The molecule has 0 saturated carbocycles. The van der Waals surface area contributed by atoms with Gasteiger partial charge in [0.15, 0.2) is 0 Å². The summed E-state index contributed by atoms with van der Waals surface area (Å²) in [5, 5.41) is 5.51. The Bertz CT molecular complexity index is 553. The van der Waals surface area contributed by atoms with Crippen LogP contribution in [0.15, 0.2) is 11.7 Å². The minimum Gasteiger partial charge on any atom is -0.365 e. The molecule has 2 aromatic rings. The van der Waals surface area contributed by atoms with Crippen LogP contribution in [0, 0.1) is 19.3 Å². The molecule has 2 heterocycles.